The number of hydrogen-bond acceptors (Lipinski definition) is 4. The number of nitrogens with zero attached hydrogens (tertiary/aromatic N) is 1. The fraction of sp³-hybridized carbons (Fsp3) is 0.483. The van der Waals surface area contributed by atoms with Crippen LogP contribution in [-0.2, 0) is 20.7 Å². The molecule has 0 aromatic heterocycles. The lowest BCUT2D eigenvalue weighted by atomic mass is 10.00. The maximum atomic E-state index is 13.9. The molecule has 0 radical (unpaired) electrons. The summed E-state index contributed by atoms with van der Waals surface area (Å²) in [5.74, 6) is -0.335. The van der Waals surface area contributed by atoms with Gasteiger partial charge in [-0.25, -0.2) is 4.79 Å². The van der Waals surface area contributed by atoms with Gasteiger partial charge < -0.3 is 20.3 Å². The van der Waals surface area contributed by atoms with Crippen LogP contribution in [0.2, 0.25) is 0 Å². The molecule has 0 aliphatic heterocycles. The van der Waals surface area contributed by atoms with Crippen molar-refractivity contribution in [3.63, 3.8) is 0 Å². The number of ether oxygens (including phenoxy) is 1. The highest BCUT2D eigenvalue weighted by atomic mass is 16.6. The molecular formula is C29H39N3O4. The van der Waals surface area contributed by atoms with Gasteiger partial charge in [0.1, 0.15) is 18.2 Å². The van der Waals surface area contributed by atoms with E-state index in [-0.39, 0.29) is 30.3 Å². The number of carbonyl (C=O) groups excluding carboxylic acids is 3. The number of benzene rings is 2. The first-order chi connectivity index (χ1) is 16.9. The van der Waals surface area contributed by atoms with Gasteiger partial charge in [-0.3, -0.25) is 9.59 Å². The predicted octanol–water partition coefficient (Wildman–Crippen LogP) is 5.31. The van der Waals surface area contributed by atoms with Crippen LogP contribution in [0.5, 0.6) is 0 Å². The average molecular weight is 494 g/mol. The van der Waals surface area contributed by atoms with Crippen molar-refractivity contribution >= 4 is 23.6 Å². The zero-order chi connectivity index (χ0) is 26.6. The van der Waals surface area contributed by atoms with Gasteiger partial charge in [-0.15, -0.1) is 0 Å². The fourth-order valence-electron chi connectivity index (χ4n) is 4.34. The number of aryl methyl sites for hydroxylation is 3. The summed E-state index contributed by atoms with van der Waals surface area (Å²) < 4.78 is 5.29. The third-order valence-corrected chi connectivity index (χ3v) is 6.45. The Morgan fingerprint density at radius 3 is 2.14 bits per heavy atom. The second-order valence-electron chi connectivity index (χ2n) is 10.7. The molecule has 2 N–H and O–H groups in total. The van der Waals surface area contributed by atoms with E-state index in [1.165, 1.54) is 0 Å². The molecule has 2 aromatic carbocycles. The van der Waals surface area contributed by atoms with Crippen LogP contribution < -0.4 is 10.6 Å². The Kier molecular flexibility index (Phi) is 8.43. The highest BCUT2D eigenvalue weighted by Gasteiger charge is 2.46. The van der Waals surface area contributed by atoms with Crippen molar-refractivity contribution < 1.29 is 19.1 Å². The van der Waals surface area contributed by atoms with Crippen molar-refractivity contribution in [2.24, 2.45) is 5.92 Å². The molecule has 1 aliphatic rings. The summed E-state index contributed by atoms with van der Waals surface area (Å²) in [7, 11) is 0. The van der Waals surface area contributed by atoms with E-state index < -0.39 is 17.7 Å². The molecule has 36 heavy (non-hydrogen) atoms. The Bertz CT molecular complexity index is 1080. The summed E-state index contributed by atoms with van der Waals surface area (Å²) in [5, 5.41) is 5.65. The summed E-state index contributed by atoms with van der Waals surface area (Å²) in [5.41, 5.74) is 3.87. The van der Waals surface area contributed by atoms with Gasteiger partial charge >= 0.3 is 6.09 Å². The summed E-state index contributed by atoms with van der Waals surface area (Å²) in [4.78, 5) is 41.3. The normalized spacial score (nSPS) is 17.6. The summed E-state index contributed by atoms with van der Waals surface area (Å²) in [6.45, 7) is 13.1. The maximum absolute atomic E-state index is 13.9. The quantitative estimate of drug-likeness (QED) is 0.522. The summed E-state index contributed by atoms with van der Waals surface area (Å²) in [6.07, 6.45) is 1.02. The van der Waals surface area contributed by atoms with Crippen molar-refractivity contribution in [3.8, 4) is 0 Å². The maximum Gasteiger partial charge on any atom is 0.408 e. The Balaban J connectivity index is 1.93. The van der Waals surface area contributed by atoms with Crippen LogP contribution in [0.15, 0.2) is 42.5 Å². The smallest absolute Gasteiger partial charge is 0.408 e. The molecule has 1 saturated carbocycles. The predicted molar refractivity (Wildman–Crippen MR) is 142 cm³/mol. The molecule has 3 rings (SSSR count). The van der Waals surface area contributed by atoms with Crippen LogP contribution in [0.25, 0.3) is 0 Å². The lowest BCUT2D eigenvalue weighted by Gasteiger charge is -2.32. The Hall–Kier alpha value is -3.35. The number of nitrogens with one attached hydrogen (secondary N) is 2. The van der Waals surface area contributed by atoms with E-state index >= 15 is 0 Å². The Morgan fingerprint density at radius 2 is 1.64 bits per heavy atom. The van der Waals surface area contributed by atoms with Crippen molar-refractivity contribution in [3.05, 3.63) is 64.7 Å². The van der Waals surface area contributed by atoms with Crippen LogP contribution in [0, 0.1) is 19.8 Å². The topological polar surface area (TPSA) is 87.7 Å². The molecule has 194 valence electrons. The van der Waals surface area contributed by atoms with Crippen LogP contribution in [0.1, 0.15) is 69.3 Å². The fourth-order valence-corrected chi connectivity index (χ4v) is 4.34. The number of rotatable bonds is 8. The second kappa shape index (κ2) is 11.1. The standard InChI is InChI=1S/C29H39N3O4/c1-8-21-12-14-22(15-13-21)26(27(34)31-25-18(2)10-9-11-19(25)3)32(23-16-20(23)4)24(33)17-30-28(35)36-29(5,6)7/h9-15,20,23,26H,8,16-17H2,1-7H3,(H,30,35)(H,31,34). The highest BCUT2D eigenvalue weighted by Crippen LogP contribution is 2.40. The Morgan fingerprint density at radius 1 is 1.06 bits per heavy atom. The van der Waals surface area contributed by atoms with Gasteiger partial charge in [0, 0.05) is 11.7 Å². The van der Waals surface area contributed by atoms with Gasteiger partial charge in [-0.05, 0) is 75.6 Å². The molecule has 0 bridgehead atoms. The van der Waals surface area contributed by atoms with E-state index in [1.807, 2.05) is 56.3 Å². The Labute approximate surface area is 214 Å². The molecule has 7 nitrogen and oxygen atoms in total. The monoisotopic (exact) mass is 493 g/mol. The summed E-state index contributed by atoms with van der Waals surface area (Å²) >= 11 is 0. The minimum Gasteiger partial charge on any atom is -0.444 e. The largest absolute Gasteiger partial charge is 0.444 e. The van der Waals surface area contributed by atoms with Gasteiger partial charge in [-0.1, -0.05) is 56.3 Å². The third kappa shape index (κ3) is 6.86. The molecule has 7 heteroatoms. The van der Waals surface area contributed by atoms with Gasteiger partial charge in [0.25, 0.3) is 5.91 Å². The van der Waals surface area contributed by atoms with Crippen LogP contribution in [0.3, 0.4) is 0 Å². The molecule has 3 amide bonds. The average Bonchev–Trinajstić information content (AvgIpc) is 3.52. The number of amides is 3. The van der Waals surface area contributed by atoms with Gasteiger partial charge in [0.2, 0.25) is 5.91 Å². The first-order valence-electron chi connectivity index (χ1n) is 12.6. The molecule has 1 aliphatic carbocycles. The third-order valence-electron chi connectivity index (χ3n) is 6.45. The number of anilines is 1. The molecule has 2 aromatic rings. The lowest BCUT2D eigenvalue weighted by Crippen LogP contribution is -2.48. The van der Waals surface area contributed by atoms with Crippen molar-refractivity contribution in [1.29, 1.82) is 0 Å². The van der Waals surface area contributed by atoms with Crippen molar-refractivity contribution in [2.75, 3.05) is 11.9 Å². The van der Waals surface area contributed by atoms with E-state index in [1.54, 1.807) is 25.7 Å². The zero-order valence-corrected chi connectivity index (χ0v) is 22.5. The number of alkyl carbamates (subject to hydrolysis) is 1. The van der Waals surface area contributed by atoms with E-state index in [9.17, 15) is 14.4 Å². The zero-order valence-electron chi connectivity index (χ0n) is 22.5. The van der Waals surface area contributed by atoms with Crippen LogP contribution in [-0.4, -0.2) is 41.0 Å². The number of carbonyl (C=O) groups is 3. The molecule has 3 atom stereocenters. The van der Waals surface area contributed by atoms with Crippen molar-refractivity contribution in [2.45, 2.75) is 79.0 Å². The van der Waals surface area contributed by atoms with Crippen LogP contribution >= 0.6 is 0 Å². The first kappa shape index (κ1) is 27.2. The molecule has 0 heterocycles. The SMILES string of the molecule is CCc1ccc(C(C(=O)Nc2c(C)cccc2C)N(C(=O)CNC(=O)OC(C)(C)C)C2CC2C)cc1. The number of para-hydroxylation sites is 1. The molecule has 1 fully saturated rings. The minimum absolute atomic E-state index is 0.0856. The lowest BCUT2D eigenvalue weighted by molar-refractivity contribution is -0.139. The first-order valence-corrected chi connectivity index (χ1v) is 12.6. The molecular weight excluding hydrogens is 454 g/mol. The van der Waals surface area contributed by atoms with E-state index in [2.05, 4.69) is 24.5 Å². The molecule has 0 spiro atoms. The second-order valence-corrected chi connectivity index (χ2v) is 10.7. The van der Waals surface area contributed by atoms with Gasteiger partial charge in [-0.2, -0.15) is 0 Å². The van der Waals surface area contributed by atoms with E-state index in [0.717, 1.165) is 40.8 Å². The molecule has 0 saturated heterocycles. The van der Waals surface area contributed by atoms with E-state index in [0.29, 0.717) is 0 Å². The van der Waals surface area contributed by atoms with Crippen LogP contribution in [0.4, 0.5) is 10.5 Å². The van der Waals surface area contributed by atoms with Gasteiger partial charge in [0.05, 0.1) is 0 Å². The van der Waals surface area contributed by atoms with Gasteiger partial charge in [0.15, 0.2) is 0 Å². The molecule has 3 unspecified atom stereocenters. The number of hydrogen-bond donors (Lipinski definition) is 2. The highest BCUT2D eigenvalue weighted by molar-refractivity contribution is 5.99. The van der Waals surface area contributed by atoms with E-state index in [4.69, 9.17) is 4.74 Å². The summed E-state index contributed by atoms with van der Waals surface area (Å²) in [6, 6.07) is 12.7. The van der Waals surface area contributed by atoms with Crippen molar-refractivity contribution in [1.82, 2.24) is 10.2 Å². The minimum atomic E-state index is -0.835.